The first kappa shape index (κ1) is 14.1. The van der Waals surface area contributed by atoms with E-state index in [1.807, 2.05) is 7.05 Å². The molecule has 0 aliphatic carbocycles. The molecule has 0 saturated carbocycles. The highest BCUT2D eigenvalue weighted by atomic mass is 16.4. The average Bonchev–Trinajstić information content (AvgIpc) is 2.74. The quantitative estimate of drug-likeness (QED) is 0.906. The maximum Gasteiger partial charge on any atom is 0.339 e. The molecule has 1 saturated heterocycles. The molecule has 2 heterocycles. The van der Waals surface area contributed by atoms with Crippen LogP contribution in [0.25, 0.3) is 0 Å². The van der Waals surface area contributed by atoms with Crippen LogP contribution < -0.4 is 0 Å². The van der Waals surface area contributed by atoms with Gasteiger partial charge < -0.3 is 5.11 Å². The molecule has 106 valence electrons. The summed E-state index contributed by atoms with van der Waals surface area (Å²) < 4.78 is 1.68. The summed E-state index contributed by atoms with van der Waals surface area (Å²) in [7, 11) is 1.81. The fourth-order valence-corrected chi connectivity index (χ4v) is 2.65. The number of hydrogen-bond donors (Lipinski definition) is 1. The monoisotopic (exact) mass is 265 g/mol. The Morgan fingerprint density at radius 3 is 2.63 bits per heavy atom. The normalized spacial score (nSPS) is 19.5. The Balaban J connectivity index is 2.03. The van der Waals surface area contributed by atoms with Crippen molar-refractivity contribution in [2.45, 2.75) is 39.7 Å². The molecule has 0 aromatic carbocycles. The third kappa shape index (κ3) is 2.97. The van der Waals surface area contributed by atoms with Crippen LogP contribution in [-0.4, -0.2) is 38.8 Å². The summed E-state index contributed by atoms with van der Waals surface area (Å²) in [5, 5.41) is 13.2. The molecule has 5 heteroatoms. The Bertz CT molecular complexity index is 459. The standard InChI is InChI=1S/C14H23N3O2/c1-4-14(2)5-7-17(8-6-14)10-12-11(13(18)19)9-15-16(12)3/h9H,4-8,10H2,1-3H3,(H,18,19). The summed E-state index contributed by atoms with van der Waals surface area (Å²) in [5.74, 6) is -0.890. The number of carbonyl (C=O) groups is 1. The van der Waals surface area contributed by atoms with Gasteiger partial charge in [-0.2, -0.15) is 5.10 Å². The Hall–Kier alpha value is -1.36. The molecular formula is C14H23N3O2. The second-order valence-electron chi connectivity index (χ2n) is 5.87. The van der Waals surface area contributed by atoms with Crippen molar-refractivity contribution < 1.29 is 9.90 Å². The van der Waals surface area contributed by atoms with Crippen molar-refractivity contribution in [1.82, 2.24) is 14.7 Å². The lowest BCUT2D eigenvalue weighted by Crippen LogP contribution is -2.38. The van der Waals surface area contributed by atoms with Gasteiger partial charge in [0.1, 0.15) is 5.56 Å². The van der Waals surface area contributed by atoms with E-state index < -0.39 is 5.97 Å². The molecule has 2 rings (SSSR count). The molecule has 19 heavy (non-hydrogen) atoms. The predicted octanol–water partition coefficient (Wildman–Crippen LogP) is 2.13. The molecule has 1 N–H and O–H groups in total. The van der Waals surface area contributed by atoms with Gasteiger partial charge in [0.25, 0.3) is 0 Å². The van der Waals surface area contributed by atoms with Gasteiger partial charge in [-0.25, -0.2) is 4.79 Å². The van der Waals surface area contributed by atoms with E-state index in [-0.39, 0.29) is 0 Å². The zero-order chi connectivity index (χ0) is 14.0. The lowest BCUT2D eigenvalue weighted by molar-refractivity contribution is 0.0690. The first-order valence-electron chi connectivity index (χ1n) is 6.92. The smallest absolute Gasteiger partial charge is 0.339 e. The molecule has 0 amide bonds. The Labute approximate surface area is 114 Å². The molecule has 5 nitrogen and oxygen atoms in total. The van der Waals surface area contributed by atoms with E-state index in [1.54, 1.807) is 4.68 Å². The van der Waals surface area contributed by atoms with Gasteiger partial charge >= 0.3 is 5.97 Å². The predicted molar refractivity (Wildman–Crippen MR) is 73.1 cm³/mol. The van der Waals surface area contributed by atoms with Crippen LogP contribution in [0.15, 0.2) is 6.20 Å². The van der Waals surface area contributed by atoms with Crippen molar-refractivity contribution in [3.8, 4) is 0 Å². The summed E-state index contributed by atoms with van der Waals surface area (Å²) in [4.78, 5) is 13.5. The number of carboxylic acids is 1. The molecule has 1 aliphatic heterocycles. The van der Waals surface area contributed by atoms with Crippen LogP contribution in [0, 0.1) is 5.41 Å². The van der Waals surface area contributed by atoms with E-state index in [0.717, 1.165) is 18.8 Å². The number of carboxylic acid groups (broad SMARTS) is 1. The van der Waals surface area contributed by atoms with Crippen LogP contribution in [0.3, 0.4) is 0 Å². The van der Waals surface area contributed by atoms with E-state index in [2.05, 4.69) is 23.8 Å². The van der Waals surface area contributed by atoms with Crippen molar-refractivity contribution in [2.75, 3.05) is 13.1 Å². The number of hydrogen-bond acceptors (Lipinski definition) is 3. The number of likely N-dealkylation sites (tertiary alicyclic amines) is 1. The summed E-state index contributed by atoms with van der Waals surface area (Å²) in [6, 6.07) is 0. The minimum absolute atomic E-state index is 0.325. The summed E-state index contributed by atoms with van der Waals surface area (Å²) in [5.41, 5.74) is 1.58. The van der Waals surface area contributed by atoms with Gasteiger partial charge in [-0.05, 0) is 31.3 Å². The van der Waals surface area contributed by atoms with E-state index in [4.69, 9.17) is 5.11 Å². The molecule has 0 bridgehead atoms. The fourth-order valence-electron chi connectivity index (χ4n) is 2.65. The minimum Gasteiger partial charge on any atom is -0.478 e. The van der Waals surface area contributed by atoms with Crippen molar-refractivity contribution in [3.05, 3.63) is 17.5 Å². The molecule has 1 aromatic heterocycles. The average molecular weight is 265 g/mol. The maximum atomic E-state index is 11.2. The lowest BCUT2D eigenvalue weighted by atomic mass is 9.78. The van der Waals surface area contributed by atoms with Gasteiger partial charge in [-0.3, -0.25) is 9.58 Å². The third-order valence-electron chi connectivity index (χ3n) is 4.58. The second-order valence-corrected chi connectivity index (χ2v) is 5.87. The van der Waals surface area contributed by atoms with E-state index >= 15 is 0 Å². The minimum atomic E-state index is -0.890. The maximum absolute atomic E-state index is 11.2. The molecule has 0 spiro atoms. The van der Waals surface area contributed by atoms with Gasteiger partial charge in [0.2, 0.25) is 0 Å². The first-order valence-corrected chi connectivity index (χ1v) is 6.92. The van der Waals surface area contributed by atoms with Gasteiger partial charge in [0.05, 0.1) is 11.9 Å². The van der Waals surface area contributed by atoms with Crippen LogP contribution in [0.5, 0.6) is 0 Å². The first-order chi connectivity index (χ1) is 8.95. The molecule has 1 aromatic rings. The van der Waals surface area contributed by atoms with E-state index in [0.29, 0.717) is 17.5 Å². The Morgan fingerprint density at radius 2 is 2.11 bits per heavy atom. The van der Waals surface area contributed by atoms with Crippen LogP contribution >= 0.6 is 0 Å². The zero-order valence-corrected chi connectivity index (χ0v) is 12.0. The number of rotatable bonds is 4. The number of aromatic carboxylic acids is 1. The molecule has 0 unspecified atom stereocenters. The number of aromatic nitrogens is 2. The van der Waals surface area contributed by atoms with E-state index in [1.165, 1.54) is 25.5 Å². The van der Waals surface area contributed by atoms with Gasteiger partial charge in [-0.1, -0.05) is 20.3 Å². The molecule has 0 atom stereocenters. The second kappa shape index (κ2) is 5.33. The van der Waals surface area contributed by atoms with Crippen LogP contribution in [-0.2, 0) is 13.6 Å². The third-order valence-corrected chi connectivity index (χ3v) is 4.58. The highest BCUT2D eigenvalue weighted by Crippen LogP contribution is 2.34. The van der Waals surface area contributed by atoms with Crippen LogP contribution in [0.4, 0.5) is 0 Å². The number of piperidine rings is 1. The van der Waals surface area contributed by atoms with Crippen LogP contribution in [0.1, 0.15) is 49.2 Å². The van der Waals surface area contributed by atoms with Crippen molar-refractivity contribution in [3.63, 3.8) is 0 Å². The largest absolute Gasteiger partial charge is 0.478 e. The summed E-state index contributed by atoms with van der Waals surface area (Å²) in [6.45, 7) is 7.34. The fraction of sp³-hybridized carbons (Fsp3) is 0.714. The Kier molecular flexibility index (Phi) is 3.94. The number of aryl methyl sites for hydroxylation is 1. The summed E-state index contributed by atoms with van der Waals surface area (Å²) >= 11 is 0. The Morgan fingerprint density at radius 1 is 1.47 bits per heavy atom. The highest BCUT2D eigenvalue weighted by Gasteiger charge is 2.29. The lowest BCUT2D eigenvalue weighted by Gasteiger charge is -2.38. The molecule has 1 aliphatic rings. The van der Waals surface area contributed by atoms with Crippen molar-refractivity contribution in [2.24, 2.45) is 12.5 Å². The SMILES string of the molecule is CCC1(C)CCN(Cc2c(C(=O)O)cnn2C)CC1. The molecule has 1 fully saturated rings. The van der Waals surface area contributed by atoms with Crippen molar-refractivity contribution in [1.29, 1.82) is 0 Å². The highest BCUT2D eigenvalue weighted by molar-refractivity contribution is 5.88. The molecular weight excluding hydrogens is 242 g/mol. The number of nitrogens with zero attached hydrogens (tertiary/aromatic N) is 3. The van der Waals surface area contributed by atoms with Crippen molar-refractivity contribution >= 4 is 5.97 Å². The van der Waals surface area contributed by atoms with Gasteiger partial charge in [-0.15, -0.1) is 0 Å². The van der Waals surface area contributed by atoms with E-state index in [9.17, 15) is 4.79 Å². The van der Waals surface area contributed by atoms with Gasteiger partial charge in [0, 0.05) is 13.6 Å². The zero-order valence-electron chi connectivity index (χ0n) is 12.0. The van der Waals surface area contributed by atoms with Crippen LogP contribution in [0.2, 0.25) is 0 Å². The molecule has 0 radical (unpaired) electrons. The topological polar surface area (TPSA) is 58.4 Å². The van der Waals surface area contributed by atoms with Gasteiger partial charge in [0.15, 0.2) is 0 Å². The summed E-state index contributed by atoms with van der Waals surface area (Å²) in [6.07, 6.45) is 5.03.